The minimum absolute atomic E-state index is 0.172. The second kappa shape index (κ2) is 12.0. The van der Waals surface area contributed by atoms with E-state index >= 15 is 0 Å². The average Bonchev–Trinajstić information content (AvgIpc) is 3.12. The molecule has 0 radical (unpaired) electrons. The normalized spacial score (nSPS) is 17.3. The third-order valence-corrected chi connectivity index (χ3v) is 8.35. The number of nitrogens with two attached hydrogens (primary N) is 1. The summed E-state index contributed by atoms with van der Waals surface area (Å²) in [5.41, 5.74) is 10.2. The van der Waals surface area contributed by atoms with Gasteiger partial charge in [-0.25, -0.2) is 0 Å². The van der Waals surface area contributed by atoms with E-state index in [1.165, 1.54) is 20.2 Å². The number of likely N-dealkylation sites (tertiary alicyclic amines) is 1. The van der Waals surface area contributed by atoms with Crippen LogP contribution in [0, 0.1) is 3.57 Å². The Kier molecular flexibility index (Phi) is 9.07. The van der Waals surface area contributed by atoms with Gasteiger partial charge >= 0.3 is 0 Å². The molecule has 1 aliphatic heterocycles. The molecule has 0 bridgehead atoms. The summed E-state index contributed by atoms with van der Waals surface area (Å²) in [5, 5.41) is 1.30. The van der Waals surface area contributed by atoms with E-state index in [4.69, 9.17) is 10.5 Å². The standard InChI is InChI=1S/C27H33BrIN3O2/c1-34-15-5-14-32-24-8-3-2-7-23(24)26(29)27(32)20-6-4-13-31(18-20)25(33)17-22(30)16-19-9-11-21(28)12-10-19/h2-3,7-12,20,22H,4-6,13-18,30H2,1H3/t20?,22-/m1/s1. The maximum Gasteiger partial charge on any atom is 0.224 e. The Balaban J connectivity index is 1.47. The van der Waals surface area contributed by atoms with Gasteiger partial charge in [-0.3, -0.25) is 4.79 Å². The molecule has 1 aliphatic rings. The molecule has 2 heterocycles. The molecule has 0 saturated carbocycles. The summed E-state index contributed by atoms with van der Waals surface area (Å²) in [6.07, 6.45) is 4.19. The van der Waals surface area contributed by atoms with Gasteiger partial charge in [0, 0.05) is 76.4 Å². The number of halogens is 2. The first-order valence-electron chi connectivity index (χ1n) is 12.0. The van der Waals surface area contributed by atoms with Crippen molar-refractivity contribution in [3.63, 3.8) is 0 Å². The number of aromatic nitrogens is 1. The number of rotatable bonds is 9. The number of benzene rings is 2. The van der Waals surface area contributed by atoms with E-state index in [9.17, 15) is 4.79 Å². The summed E-state index contributed by atoms with van der Waals surface area (Å²) < 4.78 is 10.2. The number of hydrogen-bond acceptors (Lipinski definition) is 3. The zero-order valence-electron chi connectivity index (χ0n) is 19.7. The zero-order valence-corrected chi connectivity index (χ0v) is 23.4. The van der Waals surface area contributed by atoms with Crippen molar-refractivity contribution >= 4 is 55.3 Å². The van der Waals surface area contributed by atoms with E-state index in [1.54, 1.807) is 7.11 Å². The van der Waals surface area contributed by atoms with Gasteiger partial charge in [-0.05, 0) is 72.0 Å². The van der Waals surface area contributed by atoms with Crippen molar-refractivity contribution in [3.8, 4) is 0 Å². The lowest BCUT2D eigenvalue weighted by atomic mass is 9.93. The third kappa shape index (κ3) is 6.04. The van der Waals surface area contributed by atoms with Gasteiger partial charge < -0.3 is 19.9 Å². The van der Waals surface area contributed by atoms with Gasteiger partial charge in [-0.15, -0.1) is 0 Å². The largest absolute Gasteiger partial charge is 0.385 e. The fourth-order valence-electron chi connectivity index (χ4n) is 5.06. The van der Waals surface area contributed by atoms with Gasteiger partial charge in [-0.2, -0.15) is 0 Å². The number of aryl methyl sites for hydroxylation is 1. The fraction of sp³-hybridized carbons (Fsp3) is 0.444. The maximum absolute atomic E-state index is 13.2. The number of carbonyl (C=O) groups excluding carboxylic acids is 1. The minimum atomic E-state index is -0.172. The maximum atomic E-state index is 13.2. The number of ether oxygens (including phenoxy) is 1. The second-order valence-electron chi connectivity index (χ2n) is 9.19. The first kappa shape index (κ1) is 25.7. The van der Waals surface area contributed by atoms with Crippen molar-refractivity contribution in [1.82, 2.24) is 9.47 Å². The Labute approximate surface area is 224 Å². The van der Waals surface area contributed by atoms with E-state index in [-0.39, 0.29) is 11.9 Å². The Morgan fingerprint density at radius 3 is 2.76 bits per heavy atom. The smallest absolute Gasteiger partial charge is 0.224 e. The van der Waals surface area contributed by atoms with Crippen molar-refractivity contribution < 1.29 is 9.53 Å². The Bertz CT molecular complexity index is 1120. The van der Waals surface area contributed by atoms with Gasteiger partial charge in [-0.1, -0.05) is 46.3 Å². The highest BCUT2D eigenvalue weighted by Crippen LogP contribution is 2.37. The predicted octanol–water partition coefficient (Wildman–Crippen LogP) is 5.71. The van der Waals surface area contributed by atoms with Crippen LogP contribution in [0.25, 0.3) is 10.9 Å². The van der Waals surface area contributed by atoms with Crippen molar-refractivity contribution in [2.24, 2.45) is 5.73 Å². The Hall–Kier alpha value is -1.42. The number of nitrogens with zero attached hydrogens (tertiary/aromatic N) is 2. The number of methoxy groups -OCH3 is 1. The molecule has 0 aliphatic carbocycles. The molecule has 1 amide bonds. The molecule has 1 unspecified atom stereocenters. The average molecular weight is 638 g/mol. The number of piperidine rings is 1. The summed E-state index contributed by atoms with van der Waals surface area (Å²) in [6, 6.07) is 16.6. The van der Waals surface area contributed by atoms with E-state index in [2.05, 4.69) is 79.5 Å². The number of fused-ring (bicyclic) bond motifs is 1. The molecule has 4 rings (SSSR count). The Morgan fingerprint density at radius 2 is 2.00 bits per heavy atom. The van der Waals surface area contributed by atoms with Crippen molar-refractivity contribution in [3.05, 3.63) is 67.8 Å². The quantitative estimate of drug-likeness (QED) is 0.242. The van der Waals surface area contributed by atoms with Gasteiger partial charge in [0.25, 0.3) is 0 Å². The lowest BCUT2D eigenvalue weighted by Crippen LogP contribution is -2.42. The van der Waals surface area contributed by atoms with Crippen LogP contribution in [0.3, 0.4) is 0 Å². The molecule has 2 aromatic carbocycles. The monoisotopic (exact) mass is 637 g/mol. The molecule has 2 N–H and O–H groups in total. The van der Waals surface area contributed by atoms with Gasteiger partial charge in [0.05, 0.1) is 0 Å². The van der Waals surface area contributed by atoms with Crippen LogP contribution in [0.15, 0.2) is 53.0 Å². The van der Waals surface area contributed by atoms with Crippen LogP contribution in [0.4, 0.5) is 0 Å². The fourth-order valence-corrected chi connectivity index (χ4v) is 6.52. The predicted molar refractivity (Wildman–Crippen MR) is 150 cm³/mol. The minimum Gasteiger partial charge on any atom is -0.385 e. The number of amides is 1. The van der Waals surface area contributed by atoms with Crippen molar-refractivity contribution in [1.29, 1.82) is 0 Å². The SMILES string of the molecule is COCCCn1c(C2CCCN(C(=O)C[C@H](N)Cc3ccc(Br)cc3)C2)c(I)c2ccccc21. The number of hydrogen-bond donors (Lipinski definition) is 1. The molecule has 182 valence electrons. The molecule has 1 fully saturated rings. The molecule has 5 nitrogen and oxygen atoms in total. The second-order valence-corrected chi connectivity index (χ2v) is 11.2. The molecule has 2 atom stereocenters. The van der Waals surface area contributed by atoms with Crippen LogP contribution in [-0.4, -0.2) is 48.2 Å². The van der Waals surface area contributed by atoms with Crippen LogP contribution < -0.4 is 5.73 Å². The van der Waals surface area contributed by atoms with E-state index < -0.39 is 0 Å². The summed E-state index contributed by atoms with van der Waals surface area (Å²) in [6.45, 7) is 3.25. The van der Waals surface area contributed by atoms with E-state index in [0.717, 1.165) is 55.5 Å². The summed E-state index contributed by atoms with van der Waals surface area (Å²) in [7, 11) is 1.75. The van der Waals surface area contributed by atoms with Crippen molar-refractivity contribution in [2.45, 2.75) is 50.6 Å². The van der Waals surface area contributed by atoms with Gasteiger partial charge in [0.15, 0.2) is 0 Å². The molecule has 3 aromatic rings. The number of para-hydroxylation sites is 1. The van der Waals surface area contributed by atoms with E-state index in [1.807, 2.05) is 17.0 Å². The molecule has 34 heavy (non-hydrogen) atoms. The number of carbonyl (C=O) groups is 1. The molecule has 0 spiro atoms. The molecular weight excluding hydrogens is 605 g/mol. The lowest BCUT2D eigenvalue weighted by Gasteiger charge is -2.34. The van der Waals surface area contributed by atoms with Crippen LogP contribution in [0.5, 0.6) is 0 Å². The first-order chi connectivity index (χ1) is 16.5. The van der Waals surface area contributed by atoms with Crippen LogP contribution in [0.1, 0.15) is 42.9 Å². The van der Waals surface area contributed by atoms with Gasteiger partial charge in [0.2, 0.25) is 5.91 Å². The van der Waals surface area contributed by atoms with Crippen LogP contribution in [0.2, 0.25) is 0 Å². The topological polar surface area (TPSA) is 60.5 Å². The summed E-state index contributed by atoms with van der Waals surface area (Å²) >= 11 is 5.97. The summed E-state index contributed by atoms with van der Waals surface area (Å²) in [4.78, 5) is 15.2. The molecule has 7 heteroatoms. The zero-order chi connectivity index (χ0) is 24.1. The third-order valence-electron chi connectivity index (χ3n) is 6.69. The highest BCUT2D eigenvalue weighted by atomic mass is 127. The molecular formula is C27H33BrIN3O2. The van der Waals surface area contributed by atoms with Crippen LogP contribution >= 0.6 is 38.5 Å². The molecule has 1 saturated heterocycles. The van der Waals surface area contributed by atoms with Gasteiger partial charge in [0.1, 0.15) is 0 Å². The lowest BCUT2D eigenvalue weighted by molar-refractivity contribution is -0.132. The highest BCUT2D eigenvalue weighted by Gasteiger charge is 2.30. The van der Waals surface area contributed by atoms with Crippen LogP contribution in [-0.2, 0) is 22.5 Å². The molecule has 1 aromatic heterocycles. The Morgan fingerprint density at radius 1 is 1.24 bits per heavy atom. The first-order valence-corrected chi connectivity index (χ1v) is 13.9. The summed E-state index contributed by atoms with van der Waals surface area (Å²) in [5.74, 6) is 0.508. The van der Waals surface area contributed by atoms with E-state index in [0.29, 0.717) is 18.8 Å². The highest BCUT2D eigenvalue weighted by molar-refractivity contribution is 14.1. The van der Waals surface area contributed by atoms with Crippen molar-refractivity contribution in [2.75, 3.05) is 26.8 Å².